The van der Waals surface area contributed by atoms with E-state index in [1.54, 1.807) is 33.5 Å². The van der Waals surface area contributed by atoms with Gasteiger partial charge in [0, 0.05) is 13.1 Å². The summed E-state index contributed by atoms with van der Waals surface area (Å²) in [4.78, 5) is 17.6. The van der Waals surface area contributed by atoms with Crippen LogP contribution < -0.4 is 30.3 Å². The standard InChI is InChI=1S/C27H31N5O4/c1-29-32(23-8-6-5-7-22(23)28)27(30-18-20-9-13-21(34-2)14-10-20)31-26(33)16-12-19-11-15-24(35-3)25(17-19)36-4/h5-11,13-15,17H,1,12,16,18,28H2,2-4H3,(H,30,31,33). The van der Waals surface area contributed by atoms with E-state index in [4.69, 9.17) is 19.9 Å². The molecule has 0 spiro atoms. The maximum absolute atomic E-state index is 13.0. The Morgan fingerprint density at radius 3 is 2.28 bits per heavy atom. The highest BCUT2D eigenvalue weighted by atomic mass is 16.5. The molecule has 3 rings (SSSR count). The predicted molar refractivity (Wildman–Crippen MR) is 143 cm³/mol. The summed E-state index contributed by atoms with van der Waals surface area (Å²) in [6.45, 7) is 3.96. The van der Waals surface area contributed by atoms with E-state index in [1.165, 1.54) is 5.01 Å². The van der Waals surface area contributed by atoms with E-state index < -0.39 is 0 Å². The highest BCUT2D eigenvalue weighted by molar-refractivity contribution is 6.06. The topological polar surface area (TPSA) is 111 Å². The monoisotopic (exact) mass is 489 g/mol. The fourth-order valence-corrected chi connectivity index (χ4v) is 3.48. The summed E-state index contributed by atoms with van der Waals surface area (Å²) in [5, 5.41) is 8.38. The maximum Gasteiger partial charge on any atom is 0.227 e. The van der Waals surface area contributed by atoms with Crippen molar-refractivity contribution in [2.45, 2.75) is 19.4 Å². The zero-order chi connectivity index (χ0) is 25.9. The van der Waals surface area contributed by atoms with Gasteiger partial charge in [-0.3, -0.25) is 10.1 Å². The third kappa shape index (κ3) is 6.75. The van der Waals surface area contributed by atoms with E-state index in [1.807, 2.05) is 54.6 Å². The Hall–Kier alpha value is -4.53. The minimum Gasteiger partial charge on any atom is -0.497 e. The summed E-state index contributed by atoms with van der Waals surface area (Å²) in [6.07, 6.45) is 0.708. The van der Waals surface area contributed by atoms with Crippen LogP contribution in [0.3, 0.4) is 0 Å². The Bertz CT molecular complexity index is 1210. The number of para-hydroxylation sites is 2. The van der Waals surface area contributed by atoms with E-state index in [9.17, 15) is 4.79 Å². The Kier molecular flexibility index (Phi) is 9.27. The SMILES string of the molecule is C=NN(C(=NCc1ccc(OC)cc1)NC(=O)CCc1ccc(OC)c(OC)c1)c1ccccc1N. The van der Waals surface area contributed by atoms with Crippen LogP contribution in [0.25, 0.3) is 0 Å². The minimum absolute atomic E-state index is 0.215. The van der Waals surface area contributed by atoms with Crippen LogP contribution in [0.5, 0.6) is 17.2 Å². The van der Waals surface area contributed by atoms with E-state index in [2.05, 4.69) is 22.1 Å². The molecule has 0 aliphatic rings. The summed E-state index contributed by atoms with van der Waals surface area (Å²) in [5.41, 5.74) is 9.05. The summed E-state index contributed by atoms with van der Waals surface area (Å²) in [6, 6.07) is 20.2. The second-order valence-corrected chi connectivity index (χ2v) is 7.74. The smallest absolute Gasteiger partial charge is 0.227 e. The maximum atomic E-state index is 13.0. The third-order valence-electron chi connectivity index (χ3n) is 5.42. The zero-order valence-electron chi connectivity index (χ0n) is 20.7. The third-order valence-corrected chi connectivity index (χ3v) is 5.42. The van der Waals surface area contributed by atoms with Gasteiger partial charge in [-0.15, -0.1) is 0 Å². The van der Waals surface area contributed by atoms with Crippen LogP contribution in [0.2, 0.25) is 0 Å². The van der Waals surface area contributed by atoms with Gasteiger partial charge in [-0.25, -0.2) is 4.99 Å². The van der Waals surface area contributed by atoms with Crippen LogP contribution >= 0.6 is 0 Å². The van der Waals surface area contributed by atoms with Gasteiger partial charge < -0.3 is 19.9 Å². The second-order valence-electron chi connectivity index (χ2n) is 7.74. The quantitative estimate of drug-likeness (QED) is 0.193. The first-order valence-electron chi connectivity index (χ1n) is 11.3. The van der Waals surface area contributed by atoms with Crippen molar-refractivity contribution in [3.8, 4) is 17.2 Å². The van der Waals surface area contributed by atoms with Gasteiger partial charge in [0.2, 0.25) is 11.9 Å². The molecule has 0 saturated carbocycles. The molecule has 1 amide bonds. The Balaban J connectivity index is 1.79. The van der Waals surface area contributed by atoms with Crippen molar-refractivity contribution >= 4 is 30.0 Å². The summed E-state index contributed by atoms with van der Waals surface area (Å²) in [7, 11) is 4.77. The molecule has 0 fully saturated rings. The van der Waals surface area contributed by atoms with E-state index >= 15 is 0 Å². The van der Waals surface area contributed by atoms with Gasteiger partial charge in [0.1, 0.15) is 5.75 Å². The number of carbonyl (C=O) groups excluding carboxylic acids is 1. The molecule has 0 bridgehead atoms. The number of nitrogen functional groups attached to an aromatic ring is 1. The Labute approximate surface area is 211 Å². The van der Waals surface area contributed by atoms with Crippen molar-refractivity contribution in [1.29, 1.82) is 0 Å². The number of aliphatic imine (C=N–C) groups is 1. The van der Waals surface area contributed by atoms with Crippen LogP contribution in [0, 0.1) is 0 Å². The van der Waals surface area contributed by atoms with Gasteiger partial charge in [-0.1, -0.05) is 30.3 Å². The number of rotatable bonds is 10. The molecule has 9 heteroatoms. The number of hydrogen-bond acceptors (Lipinski definition) is 7. The zero-order valence-corrected chi connectivity index (χ0v) is 20.7. The second kappa shape index (κ2) is 12.8. The molecular weight excluding hydrogens is 458 g/mol. The number of nitrogens with two attached hydrogens (primary N) is 1. The molecule has 0 aliphatic carbocycles. The largest absolute Gasteiger partial charge is 0.497 e. The molecule has 0 heterocycles. The van der Waals surface area contributed by atoms with Gasteiger partial charge in [-0.05, 0) is 53.9 Å². The number of hydrazone groups is 1. The molecule has 0 radical (unpaired) electrons. The fourth-order valence-electron chi connectivity index (χ4n) is 3.48. The summed E-state index contributed by atoms with van der Waals surface area (Å²) < 4.78 is 15.8. The van der Waals surface area contributed by atoms with Crippen molar-refractivity contribution in [1.82, 2.24) is 5.32 Å². The molecule has 36 heavy (non-hydrogen) atoms. The van der Waals surface area contributed by atoms with E-state index in [0.717, 1.165) is 16.9 Å². The molecule has 188 valence electrons. The van der Waals surface area contributed by atoms with Gasteiger partial charge in [-0.2, -0.15) is 10.1 Å². The average molecular weight is 490 g/mol. The van der Waals surface area contributed by atoms with Crippen LogP contribution in [0.4, 0.5) is 11.4 Å². The van der Waals surface area contributed by atoms with Crippen LogP contribution in [0.15, 0.2) is 76.8 Å². The lowest BCUT2D eigenvalue weighted by Gasteiger charge is -2.22. The first-order chi connectivity index (χ1) is 17.5. The highest BCUT2D eigenvalue weighted by Crippen LogP contribution is 2.28. The molecule has 3 aromatic carbocycles. The van der Waals surface area contributed by atoms with Crippen molar-refractivity contribution in [2.75, 3.05) is 32.1 Å². The molecule has 3 N–H and O–H groups in total. The van der Waals surface area contributed by atoms with Crippen LogP contribution in [-0.4, -0.2) is 39.9 Å². The lowest BCUT2D eigenvalue weighted by molar-refractivity contribution is -0.119. The molecule has 0 atom stereocenters. The van der Waals surface area contributed by atoms with Crippen molar-refractivity contribution in [3.05, 3.63) is 77.9 Å². The lowest BCUT2D eigenvalue weighted by atomic mass is 10.1. The van der Waals surface area contributed by atoms with Gasteiger partial charge in [0.25, 0.3) is 0 Å². The van der Waals surface area contributed by atoms with E-state index in [0.29, 0.717) is 35.8 Å². The number of methoxy groups -OCH3 is 3. The van der Waals surface area contributed by atoms with Crippen LogP contribution in [0.1, 0.15) is 17.5 Å². The molecule has 0 aromatic heterocycles. The number of amides is 1. The summed E-state index contributed by atoms with van der Waals surface area (Å²) >= 11 is 0. The van der Waals surface area contributed by atoms with Crippen molar-refractivity contribution in [3.63, 3.8) is 0 Å². The number of ether oxygens (including phenoxy) is 3. The number of nitrogens with zero attached hydrogens (tertiary/aromatic N) is 3. The molecular formula is C27H31N5O4. The number of benzene rings is 3. The predicted octanol–water partition coefficient (Wildman–Crippen LogP) is 4.02. The van der Waals surface area contributed by atoms with Crippen LogP contribution in [-0.2, 0) is 17.8 Å². The first-order valence-corrected chi connectivity index (χ1v) is 11.3. The fraction of sp³-hybridized carbons (Fsp3) is 0.222. The molecule has 0 aliphatic heterocycles. The van der Waals surface area contributed by atoms with Gasteiger partial charge >= 0.3 is 0 Å². The molecule has 9 nitrogen and oxygen atoms in total. The normalized spacial score (nSPS) is 10.9. The van der Waals surface area contributed by atoms with E-state index in [-0.39, 0.29) is 18.3 Å². The lowest BCUT2D eigenvalue weighted by Crippen LogP contribution is -2.42. The molecule has 0 unspecified atom stereocenters. The number of nitrogens with one attached hydrogen (secondary N) is 1. The van der Waals surface area contributed by atoms with Crippen molar-refractivity contribution in [2.24, 2.45) is 10.1 Å². The average Bonchev–Trinajstić information content (AvgIpc) is 2.91. The number of aryl methyl sites for hydroxylation is 1. The van der Waals surface area contributed by atoms with Gasteiger partial charge in [0.15, 0.2) is 11.5 Å². The summed E-state index contributed by atoms with van der Waals surface area (Å²) in [5.74, 6) is 1.97. The Morgan fingerprint density at radius 2 is 1.64 bits per heavy atom. The number of hydrogen-bond donors (Lipinski definition) is 2. The van der Waals surface area contributed by atoms with Crippen molar-refractivity contribution < 1.29 is 19.0 Å². The highest BCUT2D eigenvalue weighted by Gasteiger charge is 2.18. The minimum atomic E-state index is -0.235. The molecule has 3 aromatic rings. The number of guanidine groups is 1. The Morgan fingerprint density at radius 1 is 0.944 bits per heavy atom. The first kappa shape index (κ1) is 26.1. The molecule has 0 saturated heterocycles. The number of carbonyl (C=O) groups is 1. The van der Waals surface area contributed by atoms with Gasteiger partial charge in [0.05, 0.1) is 39.2 Å². The number of anilines is 2.